The van der Waals surface area contributed by atoms with Gasteiger partial charge in [0.15, 0.2) is 5.69 Å². The molecule has 1 aliphatic carbocycles. The molecule has 0 saturated heterocycles. The normalized spacial score (nSPS) is 20.6. The van der Waals surface area contributed by atoms with Crippen LogP contribution < -0.4 is 10.6 Å². The number of hydrogen-bond donors (Lipinski definition) is 2. The van der Waals surface area contributed by atoms with E-state index in [-0.39, 0.29) is 29.7 Å². The second-order valence-corrected chi connectivity index (χ2v) is 9.88. The van der Waals surface area contributed by atoms with E-state index < -0.39 is 0 Å². The summed E-state index contributed by atoms with van der Waals surface area (Å²) in [5.74, 6) is 0.420. The molecule has 0 saturated carbocycles. The molecule has 1 atom stereocenters. The Morgan fingerprint density at radius 3 is 2.59 bits per heavy atom. The lowest BCUT2D eigenvalue weighted by molar-refractivity contribution is -0.135. The van der Waals surface area contributed by atoms with Crippen LogP contribution in [0, 0.1) is 11.8 Å². The van der Waals surface area contributed by atoms with Gasteiger partial charge in [-0.15, -0.1) is 0 Å². The van der Waals surface area contributed by atoms with Crippen LogP contribution in [0.2, 0.25) is 0 Å². The number of aromatic nitrogens is 2. The van der Waals surface area contributed by atoms with Crippen LogP contribution in [-0.2, 0) is 29.0 Å². The number of fused-ring (bicyclic) bond motifs is 1. The van der Waals surface area contributed by atoms with Crippen molar-refractivity contribution >= 4 is 17.7 Å². The monoisotopic (exact) mass is 445 g/mol. The van der Waals surface area contributed by atoms with Crippen molar-refractivity contribution < 1.29 is 14.4 Å². The van der Waals surface area contributed by atoms with Gasteiger partial charge in [-0.1, -0.05) is 27.7 Å². The SMILES string of the molecule is CC(C)CCn1nc2c3c1CCC(C3)NC(=O)CCCN(C(=O)C(C)C)CCCNC2=O. The van der Waals surface area contributed by atoms with E-state index in [9.17, 15) is 14.4 Å². The molecule has 3 rings (SSSR count). The van der Waals surface area contributed by atoms with Crippen molar-refractivity contribution in [2.45, 2.75) is 85.2 Å². The third-order valence-electron chi connectivity index (χ3n) is 6.37. The van der Waals surface area contributed by atoms with Gasteiger partial charge in [-0.2, -0.15) is 5.10 Å². The Morgan fingerprint density at radius 1 is 1.12 bits per heavy atom. The molecular formula is C24H39N5O3. The molecule has 8 nitrogen and oxygen atoms in total. The first-order valence-electron chi connectivity index (χ1n) is 12.2. The third-order valence-corrected chi connectivity index (χ3v) is 6.37. The highest BCUT2D eigenvalue weighted by Gasteiger charge is 2.30. The maximum absolute atomic E-state index is 13.0. The summed E-state index contributed by atoms with van der Waals surface area (Å²) in [5, 5.41) is 10.9. The number of hydrogen-bond acceptors (Lipinski definition) is 4. The van der Waals surface area contributed by atoms with E-state index in [1.807, 2.05) is 23.4 Å². The predicted molar refractivity (Wildman–Crippen MR) is 123 cm³/mol. The Bertz CT molecular complexity index is 830. The van der Waals surface area contributed by atoms with Crippen LogP contribution in [0.5, 0.6) is 0 Å². The fourth-order valence-corrected chi connectivity index (χ4v) is 4.54. The standard InChI is InChI=1S/C24H39N5O3/c1-16(2)10-14-29-20-9-8-18-15-19(20)22(27-29)23(31)25-11-6-13-28(24(32)17(3)4)12-5-7-21(30)26-18/h16-18H,5-15H2,1-4H3,(H,25,31)(H,26,30). The summed E-state index contributed by atoms with van der Waals surface area (Å²) in [5.41, 5.74) is 2.61. The first kappa shape index (κ1) is 24.3. The lowest BCUT2D eigenvalue weighted by Crippen LogP contribution is -2.40. The number of amides is 3. The van der Waals surface area contributed by atoms with Crippen molar-refractivity contribution in [3.8, 4) is 0 Å². The van der Waals surface area contributed by atoms with E-state index in [4.69, 9.17) is 5.10 Å². The lowest BCUT2D eigenvalue weighted by Gasteiger charge is -2.25. The van der Waals surface area contributed by atoms with E-state index >= 15 is 0 Å². The Kier molecular flexibility index (Phi) is 8.32. The minimum Gasteiger partial charge on any atom is -0.353 e. The first-order valence-corrected chi connectivity index (χ1v) is 12.2. The van der Waals surface area contributed by atoms with Gasteiger partial charge in [0.1, 0.15) is 0 Å². The van der Waals surface area contributed by atoms with Gasteiger partial charge in [0.25, 0.3) is 5.91 Å². The van der Waals surface area contributed by atoms with Crippen LogP contribution in [0.3, 0.4) is 0 Å². The number of nitrogens with one attached hydrogen (secondary N) is 2. The van der Waals surface area contributed by atoms with Gasteiger partial charge in [-0.25, -0.2) is 0 Å². The zero-order chi connectivity index (χ0) is 23.3. The second kappa shape index (κ2) is 11.0. The van der Waals surface area contributed by atoms with Crippen LogP contribution >= 0.6 is 0 Å². The van der Waals surface area contributed by atoms with Gasteiger partial charge in [-0.3, -0.25) is 19.1 Å². The molecule has 8 heteroatoms. The Hall–Kier alpha value is -2.38. The fourth-order valence-electron chi connectivity index (χ4n) is 4.54. The predicted octanol–water partition coefficient (Wildman–Crippen LogP) is 2.30. The molecule has 0 fully saturated rings. The smallest absolute Gasteiger partial charge is 0.272 e. The minimum absolute atomic E-state index is 0.0165. The van der Waals surface area contributed by atoms with Crippen molar-refractivity contribution in [2.75, 3.05) is 19.6 Å². The van der Waals surface area contributed by atoms with Gasteiger partial charge in [-0.05, 0) is 44.4 Å². The molecule has 178 valence electrons. The largest absolute Gasteiger partial charge is 0.353 e. The van der Waals surface area contributed by atoms with E-state index in [0.717, 1.165) is 37.1 Å². The van der Waals surface area contributed by atoms with Crippen molar-refractivity contribution in [1.82, 2.24) is 25.3 Å². The summed E-state index contributed by atoms with van der Waals surface area (Å²) in [7, 11) is 0. The molecule has 0 radical (unpaired) electrons. The quantitative estimate of drug-likeness (QED) is 0.743. The molecule has 3 amide bonds. The highest BCUT2D eigenvalue weighted by molar-refractivity contribution is 5.94. The molecular weight excluding hydrogens is 406 g/mol. The Balaban J connectivity index is 1.80. The minimum atomic E-state index is -0.159. The van der Waals surface area contributed by atoms with E-state index in [0.29, 0.717) is 56.9 Å². The maximum atomic E-state index is 13.0. The molecule has 2 N–H and O–H groups in total. The second-order valence-electron chi connectivity index (χ2n) is 9.88. The van der Waals surface area contributed by atoms with Crippen LogP contribution in [-0.4, -0.2) is 58.1 Å². The summed E-state index contributed by atoms with van der Waals surface area (Å²) in [6, 6.07) is 0.0165. The summed E-state index contributed by atoms with van der Waals surface area (Å²) in [6.45, 7) is 10.6. The molecule has 2 bridgehead atoms. The topological polar surface area (TPSA) is 96.3 Å². The number of carbonyl (C=O) groups excluding carboxylic acids is 3. The van der Waals surface area contributed by atoms with Crippen molar-refractivity contribution in [3.63, 3.8) is 0 Å². The highest BCUT2D eigenvalue weighted by Crippen LogP contribution is 2.26. The first-order chi connectivity index (χ1) is 15.3. The zero-order valence-corrected chi connectivity index (χ0v) is 20.1. The van der Waals surface area contributed by atoms with Gasteiger partial charge in [0.05, 0.1) is 0 Å². The van der Waals surface area contributed by atoms with E-state index in [1.165, 1.54) is 0 Å². The van der Waals surface area contributed by atoms with Crippen LogP contribution in [0.25, 0.3) is 0 Å². The Morgan fingerprint density at radius 2 is 1.88 bits per heavy atom. The molecule has 0 aromatic carbocycles. The van der Waals surface area contributed by atoms with Crippen LogP contribution in [0.1, 0.15) is 81.5 Å². The Labute approximate surface area is 191 Å². The molecule has 2 aliphatic rings. The fraction of sp³-hybridized carbons (Fsp3) is 0.750. The average Bonchev–Trinajstić information content (AvgIpc) is 3.10. The number of nitrogens with zero attached hydrogens (tertiary/aromatic N) is 3. The number of rotatable bonds is 4. The van der Waals surface area contributed by atoms with E-state index in [2.05, 4.69) is 24.5 Å². The molecule has 1 aromatic heterocycles. The maximum Gasteiger partial charge on any atom is 0.272 e. The van der Waals surface area contributed by atoms with Crippen molar-refractivity contribution in [2.24, 2.45) is 11.8 Å². The molecule has 1 unspecified atom stereocenters. The summed E-state index contributed by atoms with van der Waals surface area (Å²) < 4.78 is 2.01. The number of aryl methyl sites for hydroxylation is 1. The molecule has 1 aromatic rings. The zero-order valence-electron chi connectivity index (χ0n) is 20.1. The van der Waals surface area contributed by atoms with E-state index in [1.54, 1.807) is 0 Å². The van der Waals surface area contributed by atoms with Crippen LogP contribution in [0.4, 0.5) is 0 Å². The summed E-state index contributed by atoms with van der Waals surface area (Å²) in [6.07, 6.45) is 5.05. The molecule has 0 spiro atoms. The van der Waals surface area contributed by atoms with Gasteiger partial charge in [0.2, 0.25) is 11.8 Å². The highest BCUT2D eigenvalue weighted by atomic mass is 16.2. The summed E-state index contributed by atoms with van der Waals surface area (Å²) >= 11 is 0. The van der Waals surface area contributed by atoms with Crippen LogP contribution in [0.15, 0.2) is 0 Å². The average molecular weight is 446 g/mol. The number of carbonyl (C=O) groups is 3. The van der Waals surface area contributed by atoms with Gasteiger partial charge < -0.3 is 15.5 Å². The van der Waals surface area contributed by atoms with Crippen molar-refractivity contribution in [3.05, 3.63) is 17.0 Å². The molecule has 32 heavy (non-hydrogen) atoms. The summed E-state index contributed by atoms with van der Waals surface area (Å²) in [4.78, 5) is 39.9. The third kappa shape index (κ3) is 6.11. The van der Waals surface area contributed by atoms with Crippen molar-refractivity contribution in [1.29, 1.82) is 0 Å². The molecule has 1 aliphatic heterocycles. The lowest BCUT2D eigenvalue weighted by atomic mass is 9.91. The van der Waals surface area contributed by atoms with Gasteiger partial charge in [0, 0.05) is 55.8 Å². The van der Waals surface area contributed by atoms with Gasteiger partial charge >= 0.3 is 0 Å². The molecule has 2 heterocycles.